The molecule has 1 amide bonds. The van der Waals surface area contributed by atoms with E-state index in [1.165, 1.54) is 4.90 Å². The Bertz CT molecular complexity index is 472. The zero-order valence-electron chi connectivity index (χ0n) is 11.1. The van der Waals surface area contributed by atoms with Gasteiger partial charge in [0.25, 0.3) is 0 Å². The fourth-order valence-electron chi connectivity index (χ4n) is 2.05. The highest BCUT2D eigenvalue weighted by Crippen LogP contribution is 2.33. The summed E-state index contributed by atoms with van der Waals surface area (Å²) in [6.07, 6.45) is 0.263. The zero-order valence-corrected chi connectivity index (χ0v) is 12.7. The molecule has 2 atom stereocenters. The smallest absolute Gasteiger partial charge is 0.411 e. The van der Waals surface area contributed by atoms with Crippen LogP contribution in [0.1, 0.15) is 39.1 Å². The number of hydrogen-bond donors (Lipinski definition) is 1. The lowest BCUT2D eigenvalue weighted by molar-refractivity contribution is 0.0211. The predicted molar refractivity (Wildman–Crippen MR) is 71.5 cm³/mol. The third-order valence-corrected chi connectivity index (χ3v) is 3.16. The molecule has 0 bridgehead atoms. The molecule has 0 aromatic carbocycles. The van der Waals surface area contributed by atoms with Crippen LogP contribution in [0, 0.1) is 0 Å². The van der Waals surface area contributed by atoms with Crippen LogP contribution < -0.4 is 0 Å². The summed E-state index contributed by atoms with van der Waals surface area (Å²) in [5.41, 5.74) is -0.597. The molecule has 1 N–H and O–H groups in total. The van der Waals surface area contributed by atoms with Crippen LogP contribution in [0.3, 0.4) is 0 Å². The van der Waals surface area contributed by atoms with Gasteiger partial charge in [-0.15, -0.1) is 0 Å². The number of carbonyl (C=O) groups excluding carboxylic acids is 1. The Labute approximate surface area is 119 Å². The Balaban J connectivity index is 2.16. The Morgan fingerprint density at radius 1 is 1.63 bits per heavy atom. The molecule has 7 heteroatoms. The van der Waals surface area contributed by atoms with Gasteiger partial charge < -0.3 is 9.72 Å². The van der Waals surface area contributed by atoms with Crippen LogP contribution >= 0.6 is 15.9 Å². The van der Waals surface area contributed by atoms with Crippen molar-refractivity contribution in [3.63, 3.8) is 0 Å². The van der Waals surface area contributed by atoms with E-state index in [1.54, 1.807) is 27.0 Å². The van der Waals surface area contributed by atoms with Gasteiger partial charge in [0.2, 0.25) is 0 Å². The summed E-state index contributed by atoms with van der Waals surface area (Å²) in [5.74, 6) is 0.567. The topological polar surface area (TPSA) is 58.2 Å². The molecule has 1 fully saturated rings. The normalized spacial score (nSPS) is 23.7. The average Bonchev–Trinajstić information content (AvgIpc) is 2.81. The number of nitrogens with one attached hydrogen (secondary N) is 1. The maximum absolute atomic E-state index is 13.6. The van der Waals surface area contributed by atoms with Crippen molar-refractivity contribution in [2.24, 2.45) is 0 Å². The maximum atomic E-state index is 13.6. The zero-order chi connectivity index (χ0) is 14.2. The Morgan fingerprint density at radius 3 is 2.84 bits per heavy atom. The van der Waals surface area contributed by atoms with E-state index in [2.05, 4.69) is 25.9 Å². The molecule has 1 aromatic rings. The summed E-state index contributed by atoms with van der Waals surface area (Å²) in [6.45, 7) is 5.39. The van der Waals surface area contributed by atoms with Crippen LogP contribution in [-0.4, -0.2) is 39.3 Å². The van der Waals surface area contributed by atoms with Gasteiger partial charge in [-0.25, -0.2) is 14.2 Å². The fraction of sp³-hybridized carbons (Fsp3) is 0.667. The molecule has 19 heavy (non-hydrogen) atoms. The molecule has 0 aliphatic carbocycles. The van der Waals surface area contributed by atoms with E-state index >= 15 is 0 Å². The van der Waals surface area contributed by atoms with Crippen LogP contribution in [0.5, 0.6) is 0 Å². The van der Waals surface area contributed by atoms with Gasteiger partial charge in [-0.3, -0.25) is 4.90 Å². The number of amides is 1. The Kier molecular flexibility index (Phi) is 3.85. The number of halogens is 2. The lowest BCUT2D eigenvalue weighted by Crippen LogP contribution is -2.37. The standard InChI is InChI=1S/C12H17BrFN3O2/c1-12(2,3)19-11(18)17-6-7(14)4-8(17)10-15-5-9(13)16-10/h5,7-8H,4,6H2,1-3H3,(H,15,16)/t7-,8+/m0/s1. The predicted octanol–water partition coefficient (Wildman–Crippen LogP) is 3.19. The highest BCUT2D eigenvalue weighted by atomic mass is 79.9. The molecule has 5 nitrogen and oxygen atoms in total. The van der Waals surface area contributed by atoms with Gasteiger partial charge in [0.15, 0.2) is 0 Å². The number of alkyl halides is 1. The highest BCUT2D eigenvalue weighted by Gasteiger charge is 2.39. The van der Waals surface area contributed by atoms with E-state index in [0.29, 0.717) is 10.4 Å². The minimum absolute atomic E-state index is 0.0396. The lowest BCUT2D eigenvalue weighted by atomic mass is 10.2. The van der Waals surface area contributed by atoms with Crippen molar-refractivity contribution in [2.75, 3.05) is 6.54 Å². The lowest BCUT2D eigenvalue weighted by Gasteiger charge is -2.27. The number of aromatic amines is 1. The van der Waals surface area contributed by atoms with Crippen molar-refractivity contribution in [2.45, 2.75) is 45.0 Å². The van der Waals surface area contributed by atoms with Gasteiger partial charge in [0.05, 0.1) is 18.8 Å². The van der Waals surface area contributed by atoms with Gasteiger partial charge in [-0.05, 0) is 36.7 Å². The van der Waals surface area contributed by atoms with Crippen molar-refractivity contribution < 1.29 is 13.9 Å². The van der Waals surface area contributed by atoms with Crippen LogP contribution in [0.15, 0.2) is 10.8 Å². The summed E-state index contributed by atoms with van der Waals surface area (Å²) in [7, 11) is 0. The molecule has 0 unspecified atom stereocenters. The first-order valence-electron chi connectivity index (χ1n) is 6.10. The van der Waals surface area contributed by atoms with Crippen molar-refractivity contribution in [1.82, 2.24) is 14.9 Å². The van der Waals surface area contributed by atoms with Crippen molar-refractivity contribution in [1.29, 1.82) is 0 Å². The van der Waals surface area contributed by atoms with Gasteiger partial charge in [-0.1, -0.05) is 0 Å². The molecule has 1 aromatic heterocycles. The first-order valence-corrected chi connectivity index (χ1v) is 6.89. The average molecular weight is 334 g/mol. The highest BCUT2D eigenvalue weighted by molar-refractivity contribution is 9.10. The monoisotopic (exact) mass is 333 g/mol. The van der Waals surface area contributed by atoms with Crippen molar-refractivity contribution >= 4 is 22.0 Å². The summed E-state index contributed by atoms with van der Waals surface area (Å²) in [4.78, 5) is 20.6. The molecule has 106 valence electrons. The second-order valence-corrected chi connectivity index (χ2v) is 6.45. The van der Waals surface area contributed by atoms with E-state index in [4.69, 9.17) is 4.74 Å². The maximum Gasteiger partial charge on any atom is 0.411 e. The van der Waals surface area contributed by atoms with Gasteiger partial charge in [0.1, 0.15) is 22.2 Å². The number of aromatic nitrogens is 2. The molecule has 0 radical (unpaired) electrons. The summed E-state index contributed by atoms with van der Waals surface area (Å²) < 4.78 is 19.6. The van der Waals surface area contributed by atoms with Gasteiger partial charge in [-0.2, -0.15) is 0 Å². The first kappa shape index (κ1) is 14.3. The van der Waals surface area contributed by atoms with Crippen LogP contribution in [0.25, 0.3) is 0 Å². The molecule has 2 rings (SSSR count). The number of nitrogens with zero attached hydrogens (tertiary/aromatic N) is 2. The fourth-order valence-corrected chi connectivity index (χ4v) is 2.35. The molecule has 0 spiro atoms. The number of carbonyl (C=O) groups is 1. The molecule has 2 heterocycles. The minimum atomic E-state index is -1.05. The molecule has 1 aliphatic rings. The third-order valence-electron chi connectivity index (χ3n) is 2.76. The van der Waals surface area contributed by atoms with Gasteiger partial charge in [0, 0.05) is 6.42 Å². The third kappa shape index (κ3) is 3.46. The number of hydrogen-bond acceptors (Lipinski definition) is 3. The van der Waals surface area contributed by atoms with E-state index < -0.39 is 23.9 Å². The summed E-state index contributed by atoms with van der Waals surface area (Å²) in [5, 5.41) is 0. The molecule has 0 saturated carbocycles. The second-order valence-electron chi connectivity index (χ2n) is 5.60. The number of ether oxygens (including phenoxy) is 1. The minimum Gasteiger partial charge on any atom is -0.444 e. The number of rotatable bonds is 1. The first-order chi connectivity index (χ1) is 8.76. The van der Waals surface area contributed by atoms with E-state index in [0.717, 1.165) is 0 Å². The Morgan fingerprint density at radius 2 is 2.32 bits per heavy atom. The number of H-pyrrole nitrogens is 1. The number of likely N-dealkylation sites (tertiary alicyclic amines) is 1. The quantitative estimate of drug-likeness (QED) is 0.858. The van der Waals surface area contributed by atoms with Crippen molar-refractivity contribution in [3.05, 3.63) is 16.6 Å². The van der Waals surface area contributed by atoms with E-state index in [1.807, 2.05) is 0 Å². The Hall–Kier alpha value is -1.11. The molecule has 1 saturated heterocycles. The van der Waals surface area contributed by atoms with E-state index in [9.17, 15) is 9.18 Å². The van der Waals surface area contributed by atoms with Gasteiger partial charge >= 0.3 is 6.09 Å². The molecule has 1 aliphatic heterocycles. The SMILES string of the molecule is CC(C)(C)OC(=O)N1C[C@@H](F)C[C@@H]1c1ncc(Br)[nH]1. The summed E-state index contributed by atoms with van der Waals surface area (Å²) >= 11 is 3.25. The van der Waals surface area contributed by atoms with Crippen LogP contribution in [-0.2, 0) is 4.74 Å². The molecular weight excluding hydrogens is 317 g/mol. The largest absolute Gasteiger partial charge is 0.444 e. The summed E-state index contributed by atoms with van der Waals surface area (Å²) in [6, 6.07) is -0.406. The van der Waals surface area contributed by atoms with Crippen LogP contribution in [0.2, 0.25) is 0 Å². The number of imidazole rings is 1. The van der Waals surface area contributed by atoms with Crippen LogP contribution in [0.4, 0.5) is 9.18 Å². The molecular formula is C12H17BrFN3O2. The van der Waals surface area contributed by atoms with E-state index in [-0.39, 0.29) is 13.0 Å². The second kappa shape index (κ2) is 5.11. The van der Waals surface area contributed by atoms with Crippen molar-refractivity contribution in [3.8, 4) is 0 Å².